The number of hydrogen-bond donors (Lipinski definition) is 1. The van der Waals surface area contributed by atoms with Gasteiger partial charge < -0.3 is 19.5 Å². The number of rotatable bonds is 11. The van der Waals surface area contributed by atoms with Crippen molar-refractivity contribution in [3.63, 3.8) is 0 Å². The maximum Gasteiger partial charge on any atom is 0.269 e. The van der Waals surface area contributed by atoms with Gasteiger partial charge >= 0.3 is 0 Å². The van der Waals surface area contributed by atoms with Crippen LogP contribution >= 0.6 is 23.2 Å². The standard InChI is InChI=1S/C31H23Cl2N3O6/c1-40-28-10-6-21(30(16-28)42-18-20-3-2-4-26(13-20)36(38)39)14-23(17-34)31(37)35-25-8-11-27(12-9-25)41-19-22-5-7-24(32)15-29(22)33/h2-16H,18-19H2,1H3,(H,35,37)/b23-14+. The molecule has 0 fully saturated rings. The highest BCUT2D eigenvalue weighted by atomic mass is 35.5. The Hall–Kier alpha value is -5.04. The van der Waals surface area contributed by atoms with E-state index in [1.165, 1.54) is 25.3 Å². The number of nitrogens with one attached hydrogen (secondary N) is 1. The zero-order valence-electron chi connectivity index (χ0n) is 22.2. The molecule has 0 aliphatic rings. The number of non-ortho nitro benzene ring substituents is 1. The molecule has 0 atom stereocenters. The van der Waals surface area contributed by atoms with Crippen LogP contribution in [0.15, 0.2) is 90.5 Å². The predicted octanol–water partition coefficient (Wildman–Crippen LogP) is 7.61. The van der Waals surface area contributed by atoms with Crippen LogP contribution in [-0.4, -0.2) is 17.9 Å². The first kappa shape index (κ1) is 29.9. The number of halogens is 2. The summed E-state index contributed by atoms with van der Waals surface area (Å²) in [6.45, 7) is 0.249. The third-order valence-electron chi connectivity index (χ3n) is 5.92. The highest BCUT2D eigenvalue weighted by Crippen LogP contribution is 2.29. The normalized spacial score (nSPS) is 10.9. The fraction of sp³-hybridized carbons (Fsp3) is 0.0968. The van der Waals surface area contributed by atoms with Crippen LogP contribution in [0, 0.1) is 21.4 Å². The van der Waals surface area contributed by atoms with Gasteiger partial charge in [-0.1, -0.05) is 41.4 Å². The number of carbonyl (C=O) groups excluding carboxylic acids is 1. The molecule has 42 heavy (non-hydrogen) atoms. The van der Waals surface area contributed by atoms with Crippen molar-refractivity contribution in [1.82, 2.24) is 0 Å². The van der Waals surface area contributed by atoms with E-state index in [-0.39, 0.29) is 24.5 Å². The summed E-state index contributed by atoms with van der Waals surface area (Å²) in [6.07, 6.45) is 1.39. The van der Waals surface area contributed by atoms with Gasteiger partial charge in [0.25, 0.3) is 11.6 Å². The van der Waals surface area contributed by atoms with Gasteiger partial charge in [0.15, 0.2) is 0 Å². The van der Waals surface area contributed by atoms with E-state index in [2.05, 4.69) is 5.32 Å². The van der Waals surface area contributed by atoms with E-state index in [9.17, 15) is 20.2 Å². The van der Waals surface area contributed by atoms with Crippen LogP contribution in [0.5, 0.6) is 17.2 Å². The molecule has 0 aromatic heterocycles. The van der Waals surface area contributed by atoms with Gasteiger partial charge in [0.05, 0.1) is 12.0 Å². The molecule has 4 aromatic rings. The Balaban J connectivity index is 1.45. The lowest BCUT2D eigenvalue weighted by Crippen LogP contribution is -2.13. The molecule has 0 unspecified atom stereocenters. The SMILES string of the molecule is COc1ccc(/C=C(\C#N)C(=O)Nc2ccc(OCc3ccc(Cl)cc3Cl)cc2)c(OCc2cccc([N+](=O)[O-])c2)c1. The smallest absolute Gasteiger partial charge is 0.269 e. The summed E-state index contributed by atoms with van der Waals surface area (Å²) in [7, 11) is 1.49. The number of carbonyl (C=O) groups is 1. The largest absolute Gasteiger partial charge is 0.497 e. The van der Waals surface area contributed by atoms with Crippen LogP contribution in [-0.2, 0) is 18.0 Å². The van der Waals surface area contributed by atoms with E-state index in [1.807, 2.05) is 6.07 Å². The van der Waals surface area contributed by atoms with Gasteiger partial charge in [-0.15, -0.1) is 0 Å². The summed E-state index contributed by atoms with van der Waals surface area (Å²) in [5.74, 6) is 0.742. The van der Waals surface area contributed by atoms with Crippen LogP contribution in [0.3, 0.4) is 0 Å². The minimum absolute atomic E-state index is 0.0163. The lowest BCUT2D eigenvalue weighted by Gasteiger charge is -2.12. The number of nitriles is 1. The molecule has 4 rings (SSSR count). The van der Waals surface area contributed by atoms with E-state index < -0.39 is 10.8 Å². The maximum absolute atomic E-state index is 12.9. The molecule has 0 spiro atoms. The number of nitro groups is 1. The molecular weight excluding hydrogens is 581 g/mol. The summed E-state index contributed by atoms with van der Waals surface area (Å²) in [4.78, 5) is 23.5. The van der Waals surface area contributed by atoms with E-state index in [0.29, 0.717) is 44.1 Å². The number of nitro benzene ring substituents is 1. The second-order valence-electron chi connectivity index (χ2n) is 8.79. The zero-order chi connectivity index (χ0) is 30.1. The molecule has 0 saturated heterocycles. The molecule has 11 heteroatoms. The molecule has 0 heterocycles. The summed E-state index contributed by atoms with van der Waals surface area (Å²) in [6, 6.07) is 24.7. The van der Waals surface area contributed by atoms with Gasteiger partial charge in [0.1, 0.15) is 42.1 Å². The summed E-state index contributed by atoms with van der Waals surface area (Å²) >= 11 is 12.1. The van der Waals surface area contributed by atoms with Gasteiger partial charge in [-0.2, -0.15) is 5.26 Å². The number of ether oxygens (including phenoxy) is 3. The van der Waals surface area contributed by atoms with Gasteiger partial charge in [-0.05, 0) is 60.2 Å². The molecule has 0 aliphatic heterocycles. The number of nitrogens with zero attached hydrogens (tertiary/aromatic N) is 2. The van der Waals surface area contributed by atoms with Gasteiger partial charge in [-0.25, -0.2) is 0 Å². The van der Waals surface area contributed by atoms with Crippen molar-refractivity contribution in [3.8, 4) is 23.3 Å². The van der Waals surface area contributed by atoms with Crippen LogP contribution in [0.25, 0.3) is 6.08 Å². The van der Waals surface area contributed by atoms with Crippen molar-refractivity contribution in [1.29, 1.82) is 5.26 Å². The topological polar surface area (TPSA) is 124 Å². The second-order valence-corrected chi connectivity index (χ2v) is 9.64. The Kier molecular flexibility index (Phi) is 10.0. The Morgan fingerprint density at radius 2 is 1.74 bits per heavy atom. The number of methoxy groups -OCH3 is 1. The molecule has 9 nitrogen and oxygen atoms in total. The first-order chi connectivity index (χ1) is 20.2. The van der Waals surface area contributed by atoms with E-state index in [1.54, 1.807) is 72.8 Å². The Bertz CT molecular complexity index is 1680. The molecule has 212 valence electrons. The fourth-order valence-corrected chi connectivity index (χ4v) is 4.21. The number of anilines is 1. The van der Waals surface area contributed by atoms with Crippen molar-refractivity contribution in [2.45, 2.75) is 13.2 Å². The summed E-state index contributed by atoms with van der Waals surface area (Å²) < 4.78 is 16.9. The summed E-state index contributed by atoms with van der Waals surface area (Å²) in [5.41, 5.74) is 2.01. The van der Waals surface area contributed by atoms with Crippen molar-refractivity contribution in [3.05, 3.63) is 127 Å². The van der Waals surface area contributed by atoms with E-state index in [4.69, 9.17) is 37.4 Å². The first-order valence-electron chi connectivity index (χ1n) is 12.4. The fourth-order valence-electron chi connectivity index (χ4n) is 3.74. The molecule has 1 amide bonds. The molecule has 0 bridgehead atoms. The Morgan fingerprint density at radius 1 is 0.976 bits per heavy atom. The Morgan fingerprint density at radius 3 is 2.43 bits per heavy atom. The maximum atomic E-state index is 12.9. The van der Waals surface area contributed by atoms with Gasteiger partial charge in [0.2, 0.25) is 0 Å². The van der Waals surface area contributed by atoms with Gasteiger partial charge in [-0.3, -0.25) is 14.9 Å². The quantitative estimate of drug-likeness (QED) is 0.0809. The van der Waals surface area contributed by atoms with Crippen LogP contribution in [0.4, 0.5) is 11.4 Å². The molecule has 0 saturated carbocycles. The number of benzene rings is 4. The molecule has 1 N–H and O–H groups in total. The van der Waals surface area contributed by atoms with Crippen LogP contribution < -0.4 is 19.5 Å². The summed E-state index contributed by atoms with van der Waals surface area (Å²) in [5, 5.41) is 24.5. The first-order valence-corrected chi connectivity index (χ1v) is 13.2. The Labute approximate surface area is 251 Å². The molecule has 0 radical (unpaired) electrons. The minimum Gasteiger partial charge on any atom is -0.497 e. The van der Waals surface area contributed by atoms with E-state index in [0.717, 1.165) is 5.56 Å². The van der Waals surface area contributed by atoms with E-state index >= 15 is 0 Å². The number of amides is 1. The van der Waals surface area contributed by atoms with Crippen LogP contribution in [0.1, 0.15) is 16.7 Å². The van der Waals surface area contributed by atoms with Crippen molar-refractivity contribution < 1.29 is 23.9 Å². The molecular formula is C31H23Cl2N3O6. The van der Waals surface area contributed by atoms with Crippen LogP contribution in [0.2, 0.25) is 10.0 Å². The number of hydrogen-bond acceptors (Lipinski definition) is 7. The third kappa shape index (κ3) is 8.01. The third-order valence-corrected chi connectivity index (χ3v) is 6.51. The highest BCUT2D eigenvalue weighted by molar-refractivity contribution is 6.35. The molecule has 0 aliphatic carbocycles. The highest BCUT2D eigenvalue weighted by Gasteiger charge is 2.14. The minimum atomic E-state index is -0.625. The zero-order valence-corrected chi connectivity index (χ0v) is 23.7. The average Bonchev–Trinajstić information content (AvgIpc) is 2.99. The predicted molar refractivity (Wildman–Crippen MR) is 160 cm³/mol. The van der Waals surface area contributed by atoms with Crippen molar-refractivity contribution >= 4 is 46.6 Å². The lowest BCUT2D eigenvalue weighted by molar-refractivity contribution is -0.384. The monoisotopic (exact) mass is 603 g/mol. The molecule has 4 aromatic carbocycles. The van der Waals surface area contributed by atoms with Gasteiger partial charge in [0, 0.05) is 45.1 Å². The van der Waals surface area contributed by atoms with Crippen molar-refractivity contribution in [2.75, 3.05) is 12.4 Å². The van der Waals surface area contributed by atoms with Crippen molar-refractivity contribution in [2.24, 2.45) is 0 Å². The lowest BCUT2D eigenvalue weighted by atomic mass is 10.1. The average molecular weight is 604 g/mol. The second kappa shape index (κ2) is 14.0.